The standard InChI is InChI=1S/C22H24Br2N2O5/c1-3-8-31-22(28)16-13-15(4-5-19(16)26-6-9-30-10-7-26)25-21(27)17-11-14(23)12-18(24)20(17)29-2/h4-5,11-13H,3,6-10H2,1-2H3,(H,25,27). The summed E-state index contributed by atoms with van der Waals surface area (Å²) in [6, 6.07) is 8.74. The molecule has 0 aromatic heterocycles. The van der Waals surface area contributed by atoms with Gasteiger partial charge in [0.15, 0.2) is 0 Å². The minimum atomic E-state index is -0.415. The summed E-state index contributed by atoms with van der Waals surface area (Å²) in [6.07, 6.45) is 0.729. The van der Waals surface area contributed by atoms with Gasteiger partial charge in [0.05, 0.1) is 48.2 Å². The van der Waals surface area contributed by atoms with Crippen molar-refractivity contribution in [1.82, 2.24) is 0 Å². The van der Waals surface area contributed by atoms with E-state index in [2.05, 4.69) is 42.1 Å². The lowest BCUT2D eigenvalue weighted by Gasteiger charge is -2.30. The van der Waals surface area contributed by atoms with Gasteiger partial charge in [-0.2, -0.15) is 0 Å². The fraction of sp³-hybridized carbons (Fsp3) is 0.364. The van der Waals surface area contributed by atoms with Gasteiger partial charge in [-0.1, -0.05) is 22.9 Å². The molecule has 166 valence electrons. The molecule has 1 aliphatic rings. The Morgan fingerprint density at radius 2 is 1.87 bits per heavy atom. The van der Waals surface area contributed by atoms with Gasteiger partial charge >= 0.3 is 5.97 Å². The van der Waals surface area contributed by atoms with Crippen LogP contribution in [0.3, 0.4) is 0 Å². The normalized spacial score (nSPS) is 13.6. The van der Waals surface area contributed by atoms with Crippen LogP contribution in [0.2, 0.25) is 0 Å². The number of nitrogens with one attached hydrogen (secondary N) is 1. The number of carbonyl (C=O) groups is 2. The van der Waals surface area contributed by atoms with Gasteiger partial charge in [-0.05, 0) is 52.7 Å². The van der Waals surface area contributed by atoms with E-state index in [4.69, 9.17) is 14.2 Å². The van der Waals surface area contributed by atoms with Gasteiger partial charge in [-0.15, -0.1) is 0 Å². The van der Waals surface area contributed by atoms with Crippen LogP contribution < -0.4 is 15.0 Å². The van der Waals surface area contributed by atoms with E-state index in [9.17, 15) is 9.59 Å². The number of halogens is 2. The van der Waals surface area contributed by atoms with Crippen molar-refractivity contribution in [2.75, 3.05) is 50.2 Å². The summed E-state index contributed by atoms with van der Waals surface area (Å²) in [7, 11) is 1.50. The summed E-state index contributed by atoms with van der Waals surface area (Å²) in [4.78, 5) is 27.8. The number of methoxy groups -OCH3 is 1. The number of hydrogen-bond acceptors (Lipinski definition) is 6. The molecule has 0 unspecified atom stereocenters. The fourth-order valence-electron chi connectivity index (χ4n) is 3.26. The fourth-order valence-corrected chi connectivity index (χ4v) is 4.65. The number of morpholine rings is 1. The average molecular weight is 556 g/mol. The summed E-state index contributed by atoms with van der Waals surface area (Å²) < 4.78 is 17.6. The van der Waals surface area contributed by atoms with Crippen LogP contribution in [0, 0.1) is 0 Å². The molecule has 31 heavy (non-hydrogen) atoms. The molecule has 1 saturated heterocycles. The number of hydrogen-bond donors (Lipinski definition) is 1. The van der Waals surface area contributed by atoms with E-state index in [1.165, 1.54) is 7.11 Å². The molecule has 1 N–H and O–H groups in total. The van der Waals surface area contributed by atoms with Gasteiger partial charge in [0.2, 0.25) is 0 Å². The topological polar surface area (TPSA) is 77.1 Å². The molecule has 7 nitrogen and oxygen atoms in total. The molecule has 0 aliphatic carbocycles. The highest BCUT2D eigenvalue weighted by Crippen LogP contribution is 2.33. The summed E-state index contributed by atoms with van der Waals surface area (Å²) in [6.45, 7) is 4.84. The number of esters is 1. The van der Waals surface area contributed by atoms with Gasteiger partial charge < -0.3 is 24.4 Å². The van der Waals surface area contributed by atoms with Crippen molar-refractivity contribution in [3.05, 3.63) is 50.4 Å². The second kappa shape index (κ2) is 11.0. The van der Waals surface area contributed by atoms with Gasteiger partial charge in [-0.3, -0.25) is 4.79 Å². The molecular weight excluding hydrogens is 532 g/mol. The monoisotopic (exact) mass is 554 g/mol. The minimum absolute atomic E-state index is 0.335. The van der Waals surface area contributed by atoms with E-state index in [0.717, 1.165) is 16.6 Å². The van der Waals surface area contributed by atoms with Crippen LogP contribution in [-0.4, -0.2) is 51.9 Å². The highest BCUT2D eigenvalue weighted by molar-refractivity contribution is 9.11. The van der Waals surface area contributed by atoms with Gasteiger partial charge in [0, 0.05) is 23.2 Å². The molecule has 0 bridgehead atoms. The summed E-state index contributed by atoms with van der Waals surface area (Å²) >= 11 is 6.80. The first-order valence-electron chi connectivity index (χ1n) is 9.92. The number of benzene rings is 2. The van der Waals surface area contributed by atoms with Crippen molar-refractivity contribution >= 4 is 55.1 Å². The smallest absolute Gasteiger partial charge is 0.340 e. The highest BCUT2D eigenvalue weighted by Gasteiger charge is 2.22. The van der Waals surface area contributed by atoms with E-state index in [0.29, 0.717) is 59.9 Å². The second-order valence-electron chi connectivity index (χ2n) is 6.89. The zero-order valence-electron chi connectivity index (χ0n) is 17.4. The molecule has 1 amide bonds. The van der Waals surface area contributed by atoms with E-state index < -0.39 is 5.97 Å². The van der Waals surface area contributed by atoms with Crippen molar-refractivity contribution in [2.24, 2.45) is 0 Å². The first-order valence-corrected chi connectivity index (χ1v) is 11.5. The minimum Gasteiger partial charge on any atom is -0.495 e. The Morgan fingerprint density at radius 3 is 2.55 bits per heavy atom. The highest BCUT2D eigenvalue weighted by atomic mass is 79.9. The van der Waals surface area contributed by atoms with E-state index in [1.54, 1.807) is 24.3 Å². The van der Waals surface area contributed by atoms with Crippen LogP contribution in [0.4, 0.5) is 11.4 Å². The Labute approximate surface area is 198 Å². The number of amides is 1. The van der Waals surface area contributed by atoms with Crippen LogP contribution in [0.15, 0.2) is 39.3 Å². The quantitative estimate of drug-likeness (QED) is 0.491. The van der Waals surface area contributed by atoms with Crippen LogP contribution in [0.1, 0.15) is 34.1 Å². The zero-order valence-corrected chi connectivity index (χ0v) is 20.5. The molecule has 2 aromatic rings. The largest absolute Gasteiger partial charge is 0.495 e. The van der Waals surface area contributed by atoms with Crippen molar-refractivity contribution in [3.8, 4) is 5.75 Å². The van der Waals surface area contributed by atoms with E-state index in [1.807, 2.05) is 13.0 Å². The maximum absolute atomic E-state index is 13.0. The predicted octanol–water partition coefficient (Wildman–Crippen LogP) is 4.88. The lowest BCUT2D eigenvalue weighted by atomic mass is 10.1. The first kappa shape index (κ1) is 23.6. The Kier molecular flexibility index (Phi) is 8.34. The predicted molar refractivity (Wildman–Crippen MR) is 126 cm³/mol. The SMILES string of the molecule is CCCOC(=O)c1cc(NC(=O)c2cc(Br)cc(Br)c2OC)ccc1N1CCOCC1. The Morgan fingerprint density at radius 1 is 1.13 bits per heavy atom. The van der Waals surface area contributed by atoms with Crippen molar-refractivity contribution in [2.45, 2.75) is 13.3 Å². The maximum atomic E-state index is 13.0. The molecule has 1 heterocycles. The number of carbonyl (C=O) groups excluding carboxylic acids is 2. The zero-order chi connectivity index (χ0) is 22.4. The lowest BCUT2D eigenvalue weighted by Crippen LogP contribution is -2.37. The molecule has 0 spiro atoms. The molecular formula is C22H24Br2N2O5. The maximum Gasteiger partial charge on any atom is 0.340 e. The van der Waals surface area contributed by atoms with Crippen LogP contribution in [-0.2, 0) is 9.47 Å². The van der Waals surface area contributed by atoms with Crippen LogP contribution in [0.25, 0.3) is 0 Å². The Bertz CT molecular complexity index is 961. The van der Waals surface area contributed by atoms with Gasteiger partial charge in [0.1, 0.15) is 5.75 Å². The van der Waals surface area contributed by atoms with E-state index >= 15 is 0 Å². The molecule has 2 aromatic carbocycles. The van der Waals surface area contributed by atoms with Crippen molar-refractivity contribution in [1.29, 1.82) is 0 Å². The van der Waals surface area contributed by atoms with E-state index in [-0.39, 0.29) is 5.91 Å². The number of anilines is 2. The summed E-state index contributed by atoms with van der Waals surface area (Å²) in [5.74, 6) is -0.346. The number of ether oxygens (including phenoxy) is 3. The molecule has 0 saturated carbocycles. The second-order valence-corrected chi connectivity index (χ2v) is 8.66. The van der Waals surface area contributed by atoms with Crippen LogP contribution in [0.5, 0.6) is 5.75 Å². The third-order valence-corrected chi connectivity index (χ3v) is 5.77. The molecule has 0 atom stereocenters. The van der Waals surface area contributed by atoms with Crippen LogP contribution >= 0.6 is 31.9 Å². The first-order chi connectivity index (χ1) is 14.9. The number of nitrogens with zero attached hydrogens (tertiary/aromatic N) is 1. The third-order valence-electron chi connectivity index (χ3n) is 4.72. The summed E-state index contributed by atoms with van der Waals surface area (Å²) in [5.41, 5.74) is 2.03. The molecule has 1 aliphatic heterocycles. The Hall–Kier alpha value is -2.10. The summed E-state index contributed by atoms with van der Waals surface area (Å²) in [5, 5.41) is 2.86. The van der Waals surface area contributed by atoms with Gasteiger partial charge in [0.25, 0.3) is 5.91 Å². The average Bonchev–Trinajstić information content (AvgIpc) is 2.77. The third kappa shape index (κ3) is 5.78. The molecule has 1 fully saturated rings. The lowest BCUT2D eigenvalue weighted by molar-refractivity contribution is 0.0504. The number of rotatable bonds is 7. The molecule has 9 heteroatoms. The van der Waals surface area contributed by atoms with Gasteiger partial charge in [-0.25, -0.2) is 4.79 Å². The molecule has 3 rings (SSSR count). The Balaban J connectivity index is 1.91. The van der Waals surface area contributed by atoms with Crippen molar-refractivity contribution < 1.29 is 23.8 Å². The van der Waals surface area contributed by atoms with Crippen molar-refractivity contribution in [3.63, 3.8) is 0 Å². The molecule has 0 radical (unpaired) electrons.